The SMILES string of the molecule is COc1ccc2c(c1)C(=O)CC1(CCN(S(=O)(=O)C3CC3)CC1)O2. The molecule has 1 spiro atoms. The summed E-state index contributed by atoms with van der Waals surface area (Å²) in [5.41, 5.74) is -0.0261. The number of benzene rings is 1. The number of rotatable bonds is 3. The van der Waals surface area contributed by atoms with Crippen LogP contribution in [-0.4, -0.2) is 49.6 Å². The highest BCUT2D eigenvalue weighted by Gasteiger charge is 2.47. The summed E-state index contributed by atoms with van der Waals surface area (Å²) in [5, 5.41) is -0.186. The number of methoxy groups -OCH3 is 1. The number of carbonyl (C=O) groups excluding carboxylic acids is 1. The number of sulfonamides is 1. The molecule has 2 aliphatic heterocycles. The van der Waals surface area contributed by atoms with E-state index in [1.54, 1.807) is 29.6 Å². The summed E-state index contributed by atoms with van der Waals surface area (Å²) in [6.07, 6.45) is 2.94. The predicted molar refractivity (Wildman–Crippen MR) is 88.0 cm³/mol. The molecule has 0 unspecified atom stereocenters. The van der Waals surface area contributed by atoms with Gasteiger partial charge in [-0.05, 0) is 31.0 Å². The molecule has 6 nitrogen and oxygen atoms in total. The van der Waals surface area contributed by atoms with Crippen molar-refractivity contribution in [2.45, 2.75) is 43.0 Å². The van der Waals surface area contributed by atoms with E-state index in [-0.39, 0.29) is 11.0 Å². The predicted octanol–water partition coefficient (Wildman–Crippen LogP) is 1.99. The number of piperidine rings is 1. The summed E-state index contributed by atoms with van der Waals surface area (Å²) in [7, 11) is -1.59. The Bertz CT molecular complexity index is 776. The molecule has 7 heteroatoms. The van der Waals surface area contributed by atoms with Crippen molar-refractivity contribution in [1.29, 1.82) is 0 Å². The average molecular weight is 351 g/mol. The van der Waals surface area contributed by atoms with Gasteiger partial charge in [0.05, 0.1) is 24.3 Å². The molecule has 4 rings (SSSR count). The first-order valence-corrected chi connectivity index (χ1v) is 9.83. The normalized spacial score (nSPS) is 23.6. The van der Waals surface area contributed by atoms with Gasteiger partial charge in [0.1, 0.15) is 17.1 Å². The molecule has 1 saturated heterocycles. The fraction of sp³-hybridized carbons (Fsp3) is 0.588. The lowest BCUT2D eigenvalue weighted by Gasteiger charge is -2.43. The molecule has 1 aromatic carbocycles. The van der Waals surface area contributed by atoms with E-state index in [0.29, 0.717) is 49.4 Å². The summed E-state index contributed by atoms with van der Waals surface area (Å²) in [6, 6.07) is 5.25. The molecule has 0 atom stereocenters. The third kappa shape index (κ3) is 2.59. The minimum Gasteiger partial charge on any atom is -0.497 e. The minimum absolute atomic E-state index is 0.0358. The maximum atomic E-state index is 12.6. The van der Waals surface area contributed by atoms with Crippen molar-refractivity contribution in [3.63, 3.8) is 0 Å². The minimum atomic E-state index is -3.15. The number of carbonyl (C=O) groups is 1. The lowest BCUT2D eigenvalue weighted by atomic mass is 9.83. The lowest BCUT2D eigenvalue weighted by Crippen LogP contribution is -2.52. The lowest BCUT2D eigenvalue weighted by molar-refractivity contribution is 0.00581. The second-order valence-electron chi connectivity index (χ2n) is 6.89. The van der Waals surface area contributed by atoms with Gasteiger partial charge in [-0.1, -0.05) is 0 Å². The number of nitrogens with zero attached hydrogens (tertiary/aromatic N) is 1. The standard InChI is InChI=1S/C17H21NO5S/c1-22-12-2-5-16-14(10-12)15(19)11-17(23-16)6-8-18(9-7-17)24(20,21)13-3-4-13/h2,5,10,13H,3-4,6-9,11H2,1H3. The fourth-order valence-electron chi connectivity index (χ4n) is 3.60. The van der Waals surface area contributed by atoms with Crippen LogP contribution in [-0.2, 0) is 10.0 Å². The zero-order valence-electron chi connectivity index (χ0n) is 13.7. The Morgan fingerprint density at radius 3 is 2.58 bits per heavy atom. The van der Waals surface area contributed by atoms with Gasteiger partial charge in [-0.2, -0.15) is 0 Å². The van der Waals surface area contributed by atoms with Crippen molar-refractivity contribution in [2.24, 2.45) is 0 Å². The molecule has 24 heavy (non-hydrogen) atoms. The zero-order chi connectivity index (χ0) is 16.9. The first-order chi connectivity index (χ1) is 11.4. The van der Waals surface area contributed by atoms with Crippen LogP contribution in [0.15, 0.2) is 18.2 Å². The molecular formula is C17H21NO5S. The Labute approximate surface area is 141 Å². The van der Waals surface area contributed by atoms with Gasteiger partial charge >= 0.3 is 0 Å². The van der Waals surface area contributed by atoms with Crippen LogP contribution in [0.2, 0.25) is 0 Å². The summed E-state index contributed by atoms with van der Waals surface area (Å²) in [6.45, 7) is 0.856. The zero-order valence-corrected chi connectivity index (χ0v) is 14.5. The van der Waals surface area contributed by atoms with Gasteiger partial charge in [-0.25, -0.2) is 12.7 Å². The van der Waals surface area contributed by atoms with Crippen molar-refractivity contribution < 1.29 is 22.7 Å². The summed E-state index contributed by atoms with van der Waals surface area (Å²) in [5.74, 6) is 1.24. The van der Waals surface area contributed by atoms with E-state index in [9.17, 15) is 13.2 Å². The summed E-state index contributed by atoms with van der Waals surface area (Å²) in [4.78, 5) is 12.6. The van der Waals surface area contributed by atoms with E-state index < -0.39 is 15.6 Å². The van der Waals surface area contributed by atoms with Gasteiger partial charge in [0, 0.05) is 25.9 Å². The maximum Gasteiger partial charge on any atom is 0.216 e. The van der Waals surface area contributed by atoms with E-state index >= 15 is 0 Å². The van der Waals surface area contributed by atoms with Crippen LogP contribution in [0.3, 0.4) is 0 Å². The Balaban J connectivity index is 1.52. The molecule has 130 valence electrons. The molecule has 2 heterocycles. The first kappa shape index (κ1) is 15.9. The highest BCUT2D eigenvalue weighted by atomic mass is 32.2. The maximum absolute atomic E-state index is 12.6. The molecule has 0 aromatic heterocycles. The molecule has 1 aromatic rings. The quantitative estimate of drug-likeness (QED) is 0.833. The third-order valence-electron chi connectivity index (χ3n) is 5.24. The van der Waals surface area contributed by atoms with Crippen LogP contribution in [0.1, 0.15) is 42.5 Å². The molecule has 0 amide bonds. The van der Waals surface area contributed by atoms with Crippen molar-refractivity contribution >= 4 is 15.8 Å². The number of Topliss-reactive ketones (excluding diaryl/α,β-unsaturated/α-hetero) is 1. The Kier molecular flexibility index (Phi) is 3.61. The summed E-state index contributed by atoms with van der Waals surface area (Å²) >= 11 is 0. The number of hydrogen-bond acceptors (Lipinski definition) is 5. The highest BCUT2D eigenvalue weighted by Crippen LogP contribution is 2.42. The molecular weight excluding hydrogens is 330 g/mol. The van der Waals surface area contributed by atoms with Crippen LogP contribution in [0, 0.1) is 0 Å². The smallest absolute Gasteiger partial charge is 0.216 e. The Morgan fingerprint density at radius 1 is 1.25 bits per heavy atom. The second kappa shape index (κ2) is 5.46. The average Bonchev–Trinajstić information content (AvgIpc) is 3.40. The Hall–Kier alpha value is -1.60. The van der Waals surface area contributed by atoms with Gasteiger partial charge in [0.15, 0.2) is 5.78 Å². The molecule has 1 aliphatic carbocycles. The van der Waals surface area contributed by atoms with Crippen molar-refractivity contribution in [3.05, 3.63) is 23.8 Å². The van der Waals surface area contributed by atoms with Crippen LogP contribution < -0.4 is 9.47 Å². The van der Waals surface area contributed by atoms with E-state index in [1.165, 1.54) is 0 Å². The van der Waals surface area contributed by atoms with Gasteiger partial charge in [0.2, 0.25) is 10.0 Å². The third-order valence-corrected chi connectivity index (χ3v) is 7.63. The number of ether oxygens (including phenoxy) is 2. The summed E-state index contributed by atoms with van der Waals surface area (Å²) < 4.78 is 37.6. The van der Waals surface area contributed by atoms with Gasteiger partial charge in [-0.3, -0.25) is 4.79 Å². The van der Waals surface area contributed by atoms with Crippen LogP contribution >= 0.6 is 0 Å². The largest absolute Gasteiger partial charge is 0.497 e. The van der Waals surface area contributed by atoms with E-state index in [1.807, 2.05) is 0 Å². The molecule has 0 radical (unpaired) electrons. The monoisotopic (exact) mass is 351 g/mol. The van der Waals surface area contributed by atoms with Gasteiger partial charge in [-0.15, -0.1) is 0 Å². The van der Waals surface area contributed by atoms with Crippen LogP contribution in [0.25, 0.3) is 0 Å². The van der Waals surface area contributed by atoms with Gasteiger partial charge < -0.3 is 9.47 Å². The topological polar surface area (TPSA) is 72.9 Å². The fourth-order valence-corrected chi connectivity index (χ4v) is 5.45. The number of fused-ring (bicyclic) bond motifs is 1. The molecule has 0 bridgehead atoms. The number of ketones is 1. The molecule has 0 N–H and O–H groups in total. The first-order valence-electron chi connectivity index (χ1n) is 8.33. The van der Waals surface area contributed by atoms with Crippen molar-refractivity contribution in [3.8, 4) is 11.5 Å². The highest BCUT2D eigenvalue weighted by molar-refractivity contribution is 7.90. The molecule has 1 saturated carbocycles. The van der Waals surface area contributed by atoms with Crippen molar-refractivity contribution in [2.75, 3.05) is 20.2 Å². The van der Waals surface area contributed by atoms with E-state index in [2.05, 4.69) is 0 Å². The van der Waals surface area contributed by atoms with Crippen LogP contribution in [0.4, 0.5) is 0 Å². The molecule has 3 aliphatic rings. The number of hydrogen-bond donors (Lipinski definition) is 0. The second-order valence-corrected chi connectivity index (χ2v) is 9.10. The van der Waals surface area contributed by atoms with Crippen LogP contribution in [0.5, 0.6) is 11.5 Å². The Morgan fingerprint density at radius 2 is 1.96 bits per heavy atom. The van der Waals surface area contributed by atoms with E-state index in [0.717, 1.165) is 12.8 Å². The molecule has 2 fully saturated rings. The van der Waals surface area contributed by atoms with E-state index in [4.69, 9.17) is 9.47 Å². The van der Waals surface area contributed by atoms with Crippen molar-refractivity contribution in [1.82, 2.24) is 4.31 Å². The van der Waals surface area contributed by atoms with Gasteiger partial charge in [0.25, 0.3) is 0 Å².